The summed E-state index contributed by atoms with van der Waals surface area (Å²) < 4.78 is 41.8. The monoisotopic (exact) mass is 836 g/mol. The maximum atomic E-state index is 13.3. The van der Waals surface area contributed by atoms with Gasteiger partial charge in [-0.3, -0.25) is 18.7 Å². The molecule has 0 aliphatic heterocycles. The number of nitrogens with two attached hydrogens (primary N) is 1. The highest BCUT2D eigenvalue weighted by Gasteiger charge is 2.12. The van der Waals surface area contributed by atoms with Crippen LogP contribution in [0.15, 0.2) is 160 Å². The van der Waals surface area contributed by atoms with Gasteiger partial charge >= 0.3 is 5.97 Å². The van der Waals surface area contributed by atoms with Crippen molar-refractivity contribution in [3.05, 3.63) is 199 Å². The van der Waals surface area contributed by atoms with E-state index >= 15 is 0 Å². The fraction of sp³-hybridized carbons (Fsp3) is 0. The Hall–Kier alpha value is -7.03. The number of nitrogens with one attached hydrogen (secondary N) is 1. The Kier molecular flexibility index (Phi) is 14.3. The van der Waals surface area contributed by atoms with Gasteiger partial charge in [-0.05, 0) is 127 Å². The van der Waals surface area contributed by atoms with Crippen molar-refractivity contribution in [2.75, 3.05) is 5.73 Å². The number of isothiocyanates is 1. The number of aromatic nitrogens is 4. The van der Waals surface area contributed by atoms with E-state index in [4.69, 9.17) is 34.7 Å². The van der Waals surface area contributed by atoms with E-state index in [2.05, 4.69) is 32.3 Å². The number of carboxylic acids is 1. The summed E-state index contributed by atoms with van der Waals surface area (Å²) in [4.78, 5) is 45.9. The molecule has 8 aromatic rings. The standard InChI is InChI=1S/C14H8ClFN2O.C14H9FN2OS.C7H6FNO2.C7H5NS/c15-14-17-12-7-6-9(16)8-11(12)13(19)18(14)10-4-2-1-3-5-10;15-9-6-7-12-11(8-9)13(18)17(14(19)16-12)10-4-2-1-3-5-10;8-4-1-2-6(9)5(3-4)7(10)11;9-6-8-7-4-2-1-3-5-7/h1-8H;1-8H,(H,16,19);1-3H,9H2,(H,10,11);1-5H. The van der Waals surface area contributed by atoms with Crippen molar-refractivity contribution in [1.82, 2.24) is 19.1 Å². The molecule has 0 bridgehead atoms. The zero-order valence-corrected chi connectivity index (χ0v) is 32.1. The van der Waals surface area contributed by atoms with Crippen LogP contribution in [0, 0.1) is 22.2 Å². The number of hydrogen-bond acceptors (Lipinski definition) is 8. The van der Waals surface area contributed by atoms with Gasteiger partial charge in [0.1, 0.15) is 17.5 Å². The van der Waals surface area contributed by atoms with E-state index in [9.17, 15) is 27.6 Å². The van der Waals surface area contributed by atoms with E-state index in [1.165, 1.54) is 51.6 Å². The maximum absolute atomic E-state index is 13.3. The number of fused-ring (bicyclic) bond motifs is 2. The summed E-state index contributed by atoms with van der Waals surface area (Å²) in [6.45, 7) is 0. The van der Waals surface area contributed by atoms with Crippen molar-refractivity contribution in [3.63, 3.8) is 0 Å². The third-order valence-corrected chi connectivity index (χ3v) is 8.48. The molecule has 290 valence electrons. The molecule has 0 saturated carbocycles. The lowest BCUT2D eigenvalue weighted by Gasteiger charge is -2.09. The molecule has 16 heteroatoms. The van der Waals surface area contributed by atoms with Gasteiger partial charge in [-0.15, -0.1) is 0 Å². The lowest BCUT2D eigenvalue weighted by atomic mass is 10.2. The van der Waals surface area contributed by atoms with Crippen molar-refractivity contribution in [3.8, 4) is 11.4 Å². The number of aliphatic imine (C=N–C) groups is 1. The number of nitrogen functional groups attached to an aromatic ring is 1. The van der Waals surface area contributed by atoms with Gasteiger partial charge in [0.25, 0.3) is 11.1 Å². The van der Waals surface area contributed by atoms with Crippen LogP contribution in [0.3, 0.4) is 0 Å². The number of benzene rings is 6. The first-order chi connectivity index (χ1) is 27.9. The molecule has 0 fully saturated rings. The highest BCUT2D eigenvalue weighted by Crippen LogP contribution is 2.17. The highest BCUT2D eigenvalue weighted by molar-refractivity contribution is 7.78. The Morgan fingerprint density at radius 3 is 1.79 bits per heavy atom. The molecule has 0 atom stereocenters. The lowest BCUT2D eigenvalue weighted by molar-refractivity contribution is 0.0697. The average Bonchev–Trinajstić information content (AvgIpc) is 3.21. The van der Waals surface area contributed by atoms with Gasteiger partial charge in [0.05, 0.1) is 49.6 Å². The van der Waals surface area contributed by atoms with Crippen molar-refractivity contribution < 1.29 is 23.1 Å². The van der Waals surface area contributed by atoms with E-state index in [-0.39, 0.29) is 43.2 Å². The van der Waals surface area contributed by atoms with E-state index in [0.29, 0.717) is 22.4 Å². The number of nitrogens with zero attached hydrogens (tertiary/aromatic N) is 4. The molecule has 58 heavy (non-hydrogen) atoms. The Bertz CT molecular complexity index is 2960. The number of hydrogen-bond donors (Lipinski definition) is 3. The summed E-state index contributed by atoms with van der Waals surface area (Å²) in [6.07, 6.45) is 0. The summed E-state index contributed by atoms with van der Waals surface area (Å²) >= 11 is 15.7. The first-order valence-corrected chi connectivity index (χ1v) is 17.9. The first kappa shape index (κ1) is 42.1. The van der Waals surface area contributed by atoms with E-state index in [0.717, 1.165) is 17.8 Å². The second kappa shape index (κ2) is 19.7. The minimum absolute atomic E-state index is 0.0512. The molecule has 0 unspecified atom stereocenters. The first-order valence-electron chi connectivity index (χ1n) is 16.7. The molecule has 0 amide bonds. The molecule has 10 nitrogen and oxygen atoms in total. The summed E-state index contributed by atoms with van der Waals surface area (Å²) in [7, 11) is 0. The minimum atomic E-state index is -1.22. The highest BCUT2D eigenvalue weighted by atomic mass is 35.5. The second-order valence-corrected chi connectivity index (χ2v) is 12.6. The molecule has 6 aromatic carbocycles. The van der Waals surface area contributed by atoms with Gasteiger partial charge < -0.3 is 15.8 Å². The van der Waals surface area contributed by atoms with Gasteiger partial charge in [-0.2, -0.15) is 4.99 Å². The van der Waals surface area contributed by atoms with E-state index < -0.39 is 23.4 Å². The fourth-order valence-electron chi connectivity index (χ4n) is 5.20. The zero-order chi connectivity index (χ0) is 41.8. The molecule has 0 aliphatic rings. The Balaban J connectivity index is 0.000000154. The number of H-pyrrole nitrogens is 1. The molecule has 4 N–H and O–H groups in total. The number of thiocarbonyl (C=S) groups is 1. The van der Waals surface area contributed by atoms with Crippen molar-refractivity contribution in [2.24, 2.45) is 4.99 Å². The van der Waals surface area contributed by atoms with Crippen molar-refractivity contribution in [2.45, 2.75) is 0 Å². The van der Waals surface area contributed by atoms with Crippen LogP contribution in [0.2, 0.25) is 5.28 Å². The normalized spacial score (nSPS) is 10.1. The summed E-state index contributed by atoms with van der Waals surface area (Å²) in [5.74, 6) is -2.75. The van der Waals surface area contributed by atoms with Crippen LogP contribution in [0.5, 0.6) is 0 Å². The van der Waals surface area contributed by atoms with Gasteiger partial charge in [0.2, 0.25) is 5.28 Å². The molecular weight excluding hydrogens is 809 g/mol. The van der Waals surface area contributed by atoms with Crippen molar-refractivity contribution >= 4 is 80.3 Å². The third kappa shape index (κ3) is 10.6. The third-order valence-electron chi connectivity index (χ3n) is 7.85. The summed E-state index contributed by atoms with van der Waals surface area (Å²) in [6, 6.07) is 38.5. The molecular formula is C42H28ClF3N6O4S2. The van der Waals surface area contributed by atoms with Crippen molar-refractivity contribution in [1.29, 1.82) is 0 Å². The zero-order valence-electron chi connectivity index (χ0n) is 29.7. The van der Waals surface area contributed by atoms with Crippen LogP contribution in [0.4, 0.5) is 24.5 Å². The summed E-state index contributed by atoms with van der Waals surface area (Å²) in [5.41, 5.74) is 7.40. The number of halogens is 4. The van der Waals surface area contributed by atoms with Gasteiger partial charge in [-0.25, -0.2) is 22.9 Å². The number of aromatic carboxylic acids is 1. The number of aromatic amines is 1. The molecule has 8 rings (SSSR count). The molecule has 2 heterocycles. The Morgan fingerprint density at radius 2 is 1.22 bits per heavy atom. The van der Waals surface area contributed by atoms with E-state index in [1.54, 1.807) is 36.4 Å². The van der Waals surface area contributed by atoms with Crippen LogP contribution in [0.25, 0.3) is 33.2 Å². The summed E-state index contributed by atoms with van der Waals surface area (Å²) in [5, 5.41) is 11.3. The smallest absolute Gasteiger partial charge is 0.337 e. The maximum Gasteiger partial charge on any atom is 0.337 e. The number of carboxylic acid groups (broad SMARTS) is 1. The SMILES string of the molecule is Nc1ccc(F)cc1C(=O)O.O=c1c2cc(F)ccc2[nH]c(=S)n1-c1ccccc1.O=c1c2cc(F)ccc2nc(Cl)n1-c1ccccc1.S=C=Nc1ccccc1. The minimum Gasteiger partial charge on any atom is -0.478 e. The predicted molar refractivity (Wildman–Crippen MR) is 226 cm³/mol. The number of anilines is 1. The molecule has 0 radical (unpaired) electrons. The topological polar surface area (TPSA) is 148 Å². The van der Waals surface area contributed by atoms with Crippen LogP contribution in [-0.2, 0) is 0 Å². The molecule has 0 saturated heterocycles. The molecule has 0 spiro atoms. The van der Waals surface area contributed by atoms with Gasteiger partial charge in [0, 0.05) is 5.69 Å². The van der Waals surface area contributed by atoms with Crippen LogP contribution >= 0.6 is 36.0 Å². The predicted octanol–water partition coefficient (Wildman–Crippen LogP) is 9.89. The number of para-hydroxylation sites is 3. The fourth-order valence-corrected chi connectivity index (χ4v) is 5.87. The van der Waals surface area contributed by atoms with Gasteiger partial charge in [0.15, 0.2) is 4.77 Å². The van der Waals surface area contributed by atoms with Crippen LogP contribution in [0.1, 0.15) is 10.4 Å². The van der Waals surface area contributed by atoms with Gasteiger partial charge in [-0.1, -0.05) is 54.6 Å². The van der Waals surface area contributed by atoms with Crippen LogP contribution < -0.4 is 16.9 Å². The second-order valence-electron chi connectivity index (χ2n) is 11.7. The number of carbonyl (C=O) groups is 1. The Morgan fingerprint density at radius 1 is 0.724 bits per heavy atom. The Labute approximate surface area is 342 Å². The van der Waals surface area contributed by atoms with Crippen LogP contribution in [-0.4, -0.2) is 35.3 Å². The largest absolute Gasteiger partial charge is 0.478 e. The lowest BCUT2D eigenvalue weighted by Crippen LogP contribution is -2.20. The molecule has 2 aromatic heterocycles. The average molecular weight is 837 g/mol. The molecule has 0 aliphatic carbocycles. The quantitative estimate of drug-likeness (QED) is 0.0687. The van der Waals surface area contributed by atoms with E-state index in [1.807, 2.05) is 54.6 Å². The number of rotatable bonds is 4.